The monoisotopic (exact) mass is 244 g/mol. The van der Waals surface area contributed by atoms with Crippen LogP contribution in [-0.4, -0.2) is 20.6 Å². The molecule has 4 heteroatoms. The number of aromatic nitrogens is 2. The molecule has 0 bridgehead atoms. The Balaban J connectivity index is 2.40. The van der Waals surface area contributed by atoms with Gasteiger partial charge < -0.3 is 9.67 Å². The third-order valence-corrected chi connectivity index (χ3v) is 2.78. The number of hydrogen-bond donors (Lipinski definition) is 1. The molecule has 1 N–H and O–H groups in total. The Labute approximate surface area is 106 Å². The lowest BCUT2D eigenvalue weighted by molar-refractivity contribution is 0.0691. The maximum absolute atomic E-state index is 11.0. The van der Waals surface area contributed by atoms with Crippen molar-refractivity contribution in [3.05, 3.63) is 42.2 Å². The second-order valence-electron chi connectivity index (χ2n) is 4.17. The van der Waals surface area contributed by atoms with Gasteiger partial charge in [0.15, 0.2) is 5.69 Å². The number of carboxylic acid groups (broad SMARTS) is 1. The van der Waals surface area contributed by atoms with E-state index in [9.17, 15) is 4.79 Å². The number of carboxylic acids is 1. The Morgan fingerprint density at radius 2 is 2.06 bits per heavy atom. The largest absolute Gasteiger partial charge is 0.476 e. The van der Waals surface area contributed by atoms with Gasteiger partial charge in [-0.2, -0.15) is 0 Å². The van der Waals surface area contributed by atoms with Crippen LogP contribution in [0.2, 0.25) is 0 Å². The Morgan fingerprint density at radius 3 is 2.67 bits per heavy atom. The quantitative estimate of drug-likeness (QED) is 0.879. The van der Waals surface area contributed by atoms with Crippen LogP contribution in [0.25, 0.3) is 11.4 Å². The maximum Gasteiger partial charge on any atom is 0.356 e. The molecular weight excluding hydrogens is 228 g/mol. The average molecular weight is 244 g/mol. The third-order valence-electron chi connectivity index (χ3n) is 2.78. The van der Waals surface area contributed by atoms with Crippen LogP contribution in [0.5, 0.6) is 0 Å². The fourth-order valence-electron chi connectivity index (χ4n) is 1.84. The highest BCUT2D eigenvalue weighted by Gasteiger charge is 2.13. The molecule has 0 aliphatic rings. The number of carbonyl (C=O) groups is 1. The Morgan fingerprint density at radius 1 is 1.33 bits per heavy atom. The smallest absolute Gasteiger partial charge is 0.356 e. The molecule has 2 aromatic rings. The van der Waals surface area contributed by atoms with Gasteiger partial charge in [-0.25, -0.2) is 9.78 Å². The zero-order chi connectivity index (χ0) is 13.0. The normalized spacial score (nSPS) is 10.5. The highest BCUT2D eigenvalue weighted by atomic mass is 16.4. The summed E-state index contributed by atoms with van der Waals surface area (Å²) in [6, 6.07) is 9.66. The van der Waals surface area contributed by atoms with Crippen LogP contribution in [0.1, 0.15) is 30.3 Å². The zero-order valence-corrected chi connectivity index (χ0v) is 10.3. The molecule has 0 spiro atoms. The molecule has 0 aliphatic carbocycles. The molecule has 0 fully saturated rings. The van der Waals surface area contributed by atoms with Crippen molar-refractivity contribution >= 4 is 5.97 Å². The number of benzene rings is 1. The number of rotatable bonds is 5. The lowest BCUT2D eigenvalue weighted by atomic mass is 10.2. The summed E-state index contributed by atoms with van der Waals surface area (Å²) in [7, 11) is 0. The van der Waals surface area contributed by atoms with E-state index in [1.807, 2.05) is 34.9 Å². The van der Waals surface area contributed by atoms with Gasteiger partial charge in [-0.1, -0.05) is 43.7 Å². The molecule has 1 heterocycles. The summed E-state index contributed by atoms with van der Waals surface area (Å²) in [5, 5.41) is 9.02. The van der Waals surface area contributed by atoms with Crippen molar-refractivity contribution in [2.75, 3.05) is 0 Å². The molecule has 0 saturated heterocycles. The van der Waals surface area contributed by atoms with E-state index < -0.39 is 5.97 Å². The number of unbranched alkanes of at least 4 members (excludes halogenated alkanes) is 1. The second kappa shape index (κ2) is 5.49. The minimum Gasteiger partial charge on any atom is -0.476 e. The summed E-state index contributed by atoms with van der Waals surface area (Å²) in [6.45, 7) is 2.90. The molecular formula is C14H16N2O2. The average Bonchev–Trinajstić information content (AvgIpc) is 2.81. The van der Waals surface area contributed by atoms with Gasteiger partial charge in [0.2, 0.25) is 0 Å². The summed E-state index contributed by atoms with van der Waals surface area (Å²) in [5.74, 6) is -0.260. The summed E-state index contributed by atoms with van der Waals surface area (Å²) < 4.78 is 1.92. The Hall–Kier alpha value is -2.10. The van der Waals surface area contributed by atoms with Crippen LogP contribution < -0.4 is 0 Å². The van der Waals surface area contributed by atoms with E-state index in [2.05, 4.69) is 11.9 Å². The van der Waals surface area contributed by atoms with Crippen molar-refractivity contribution in [1.82, 2.24) is 9.55 Å². The fourth-order valence-corrected chi connectivity index (χ4v) is 1.84. The second-order valence-corrected chi connectivity index (χ2v) is 4.17. The predicted octanol–water partition coefficient (Wildman–Crippen LogP) is 3.05. The van der Waals surface area contributed by atoms with Crippen molar-refractivity contribution in [3.63, 3.8) is 0 Å². The SMILES string of the molecule is CCCCn1cc(C(=O)O)nc1-c1ccccc1. The lowest BCUT2D eigenvalue weighted by Gasteiger charge is -2.06. The minimum atomic E-state index is -0.984. The number of aromatic carboxylic acids is 1. The van der Waals surface area contributed by atoms with Crippen molar-refractivity contribution < 1.29 is 9.90 Å². The lowest BCUT2D eigenvalue weighted by Crippen LogP contribution is -1.99. The molecule has 0 saturated carbocycles. The van der Waals surface area contributed by atoms with E-state index in [0.29, 0.717) is 0 Å². The Bertz CT molecular complexity index is 532. The molecule has 0 radical (unpaired) electrons. The first-order chi connectivity index (χ1) is 8.72. The number of nitrogens with zero attached hydrogens (tertiary/aromatic N) is 2. The molecule has 0 amide bonds. The molecule has 1 aromatic carbocycles. The van der Waals surface area contributed by atoms with Gasteiger partial charge in [0.1, 0.15) is 5.82 Å². The molecule has 0 atom stereocenters. The Kier molecular flexibility index (Phi) is 3.77. The third kappa shape index (κ3) is 2.59. The van der Waals surface area contributed by atoms with Crippen LogP contribution in [0.3, 0.4) is 0 Å². The van der Waals surface area contributed by atoms with E-state index in [1.54, 1.807) is 6.20 Å². The van der Waals surface area contributed by atoms with Crippen LogP contribution in [0.15, 0.2) is 36.5 Å². The molecule has 0 unspecified atom stereocenters. The molecule has 1 aromatic heterocycles. The van der Waals surface area contributed by atoms with Crippen LogP contribution in [0, 0.1) is 0 Å². The standard InChI is InChI=1S/C14H16N2O2/c1-2-3-9-16-10-12(14(17)18)15-13(16)11-7-5-4-6-8-11/h4-8,10H,2-3,9H2,1H3,(H,17,18). The topological polar surface area (TPSA) is 55.1 Å². The predicted molar refractivity (Wildman–Crippen MR) is 69.5 cm³/mol. The van der Waals surface area contributed by atoms with Crippen LogP contribution in [0.4, 0.5) is 0 Å². The molecule has 94 valence electrons. The van der Waals surface area contributed by atoms with Gasteiger partial charge in [-0.05, 0) is 6.42 Å². The van der Waals surface area contributed by atoms with Crippen molar-refractivity contribution in [2.24, 2.45) is 0 Å². The number of imidazole rings is 1. The first-order valence-electron chi connectivity index (χ1n) is 6.08. The van der Waals surface area contributed by atoms with Gasteiger partial charge in [0.25, 0.3) is 0 Å². The van der Waals surface area contributed by atoms with E-state index in [4.69, 9.17) is 5.11 Å². The summed E-state index contributed by atoms with van der Waals surface area (Å²) >= 11 is 0. The van der Waals surface area contributed by atoms with E-state index in [0.717, 1.165) is 30.8 Å². The molecule has 2 rings (SSSR count). The molecule has 4 nitrogen and oxygen atoms in total. The van der Waals surface area contributed by atoms with E-state index in [-0.39, 0.29) is 5.69 Å². The van der Waals surface area contributed by atoms with Gasteiger partial charge in [-0.3, -0.25) is 0 Å². The first-order valence-corrected chi connectivity index (χ1v) is 6.08. The zero-order valence-electron chi connectivity index (χ0n) is 10.3. The summed E-state index contributed by atoms with van der Waals surface area (Å²) in [6.07, 6.45) is 3.68. The van der Waals surface area contributed by atoms with Gasteiger partial charge >= 0.3 is 5.97 Å². The minimum absolute atomic E-state index is 0.102. The van der Waals surface area contributed by atoms with E-state index >= 15 is 0 Å². The first kappa shape index (κ1) is 12.4. The number of aryl methyl sites for hydroxylation is 1. The van der Waals surface area contributed by atoms with Crippen LogP contribution >= 0.6 is 0 Å². The number of hydrogen-bond acceptors (Lipinski definition) is 2. The van der Waals surface area contributed by atoms with E-state index in [1.165, 1.54) is 0 Å². The summed E-state index contributed by atoms with van der Waals surface area (Å²) in [4.78, 5) is 15.2. The fraction of sp³-hybridized carbons (Fsp3) is 0.286. The highest BCUT2D eigenvalue weighted by Crippen LogP contribution is 2.19. The van der Waals surface area contributed by atoms with Crippen LogP contribution in [-0.2, 0) is 6.54 Å². The summed E-state index contributed by atoms with van der Waals surface area (Å²) in [5.41, 5.74) is 1.05. The van der Waals surface area contributed by atoms with Gasteiger partial charge in [0.05, 0.1) is 0 Å². The molecule has 0 aliphatic heterocycles. The van der Waals surface area contributed by atoms with Gasteiger partial charge in [-0.15, -0.1) is 0 Å². The highest BCUT2D eigenvalue weighted by molar-refractivity contribution is 5.86. The van der Waals surface area contributed by atoms with Crippen molar-refractivity contribution in [3.8, 4) is 11.4 Å². The molecule has 18 heavy (non-hydrogen) atoms. The van der Waals surface area contributed by atoms with Crippen molar-refractivity contribution in [1.29, 1.82) is 0 Å². The van der Waals surface area contributed by atoms with Gasteiger partial charge in [0, 0.05) is 18.3 Å². The maximum atomic E-state index is 11.0. The van der Waals surface area contributed by atoms with Crippen molar-refractivity contribution in [2.45, 2.75) is 26.3 Å².